The summed E-state index contributed by atoms with van der Waals surface area (Å²) in [6.45, 7) is 4.38. The van der Waals surface area contributed by atoms with Crippen molar-refractivity contribution in [2.45, 2.75) is 19.4 Å². The number of likely N-dealkylation sites (tertiary alicyclic amines) is 1. The van der Waals surface area contributed by atoms with E-state index in [1.165, 1.54) is 6.42 Å². The molecule has 0 radical (unpaired) electrons. The number of benzene rings is 1. The zero-order chi connectivity index (χ0) is 17.1. The first kappa shape index (κ1) is 19.2. The number of ether oxygens (including phenoxy) is 1. The van der Waals surface area contributed by atoms with Gasteiger partial charge in [-0.25, -0.2) is 0 Å². The Labute approximate surface area is 171 Å². The minimum Gasteiger partial charge on any atom is -0.381 e. The Bertz CT molecular complexity index is 741. The molecule has 2 saturated heterocycles. The van der Waals surface area contributed by atoms with Gasteiger partial charge in [0, 0.05) is 43.8 Å². The van der Waals surface area contributed by atoms with Gasteiger partial charge in [0.15, 0.2) is 11.7 Å². The quantitative estimate of drug-likeness (QED) is 0.426. The van der Waals surface area contributed by atoms with E-state index in [-0.39, 0.29) is 24.0 Å². The van der Waals surface area contributed by atoms with Crippen LogP contribution in [0.15, 0.2) is 45.9 Å². The molecule has 0 amide bonds. The maximum absolute atomic E-state index is 5.61. The molecule has 1 atom stereocenters. The normalized spacial score (nSPS) is 22.7. The molecule has 2 aliphatic heterocycles. The first-order valence-electron chi connectivity index (χ1n) is 8.82. The Morgan fingerprint density at radius 1 is 1.31 bits per heavy atom. The van der Waals surface area contributed by atoms with E-state index in [9.17, 15) is 0 Å². The second-order valence-electron chi connectivity index (χ2n) is 6.92. The lowest BCUT2D eigenvalue weighted by Gasteiger charge is -2.24. The molecule has 1 unspecified atom stereocenters. The fraction of sp³-hybridized carbons (Fsp3) is 0.474. The van der Waals surface area contributed by atoms with E-state index < -0.39 is 0 Å². The maximum Gasteiger partial charge on any atom is 0.194 e. The monoisotopic (exact) mass is 468 g/mol. The van der Waals surface area contributed by atoms with Gasteiger partial charge in [-0.15, -0.1) is 24.0 Å². The minimum atomic E-state index is 0. The third-order valence-corrected chi connectivity index (χ3v) is 5.18. The summed E-state index contributed by atoms with van der Waals surface area (Å²) in [5.74, 6) is 1.72. The number of halogens is 1. The van der Waals surface area contributed by atoms with Crippen molar-refractivity contribution in [3.05, 3.63) is 42.2 Å². The summed E-state index contributed by atoms with van der Waals surface area (Å²) in [5, 5.41) is 7.56. The highest BCUT2D eigenvalue weighted by Gasteiger charge is 2.42. The summed E-state index contributed by atoms with van der Waals surface area (Å²) in [6.07, 6.45) is 2.33. The zero-order valence-electron chi connectivity index (χ0n) is 15.0. The van der Waals surface area contributed by atoms with Gasteiger partial charge in [-0.3, -0.25) is 4.99 Å². The van der Waals surface area contributed by atoms with Crippen LogP contribution in [0.2, 0.25) is 0 Å². The summed E-state index contributed by atoms with van der Waals surface area (Å²) < 4.78 is 11.1. The van der Waals surface area contributed by atoms with Gasteiger partial charge in [-0.05, 0) is 12.8 Å². The largest absolute Gasteiger partial charge is 0.381 e. The van der Waals surface area contributed by atoms with Gasteiger partial charge in [0.05, 0.1) is 13.2 Å². The van der Waals surface area contributed by atoms with Crippen LogP contribution in [0.1, 0.15) is 18.6 Å². The molecular weight excluding hydrogens is 443 g/mol. The van der Waals surface area contributed by atoms with E-state index in [1.54, 1.807) is 0 Å². The summed E-state index contributed by atoms with van der Waals surface area (Å²) in [5.41, 5.74) is 2.24. The molecule has 1 aromatic heterocycles. The summed E-state index contributed by atoms with van der Waals surface area (Å²) in [6, 6.07) is 12.0. The van der Waals surface area contributed by atoms with E-state index in [0.717, 1.165) is 55.7 Å². The van der Waals surface area contributed by atoms with Crippen LogP contribution in [0.4, 0.5) is 0 Å². The number of hydrogen-bond donors (Lipinski definition) is 1. The minimum absolute atomic E-state index is 0. The molecule has 0 bridgehead atoms. The molecule has 1 spiro atoms. The predicted octanol–water partition coefficient (Wildman–Crippen LogP) is 3.15. The fourth-order valence-electron chi connectivity index (χ4n) is 3.73. The Morgan fingerprint density at radius 3 is 2.88 bits per heavy atom. The SMILES string of the molecule is CN=C(NCc1cc(-c2ccccc2)no1)N1CCC2(CCOC2)C1.I. The van der Waals surface area contributed by atoms with Crippen molar-refractivity contribution in [1.82, 2.24) is 15.4 Å². The second kappa shape index (κ2) is 8.39. The van der Waals surface area contributed by atoms with Crippen LogP contribution in [-0.2, 0) is 11.3 Å². The highest BCUT2D eigenvalue weighted by molar-refractivity contribution is 14.0. The van der Waals surface area contributed by atoms with Crippen molar-refractivity contribution >= 4 is 29.9 Å². The molecule has 2 fully saturated rings. The van der Waals surface area contributed by atoms with Crippen LogP contribution in [0.5, 0.6) is 0 Å². The first-order chi connectivity index (χ1) is 12.3. The van der Waals surface area contributed by atoms with Gasteiger partial charge in [0.25, 0.3) is 0 Å². The fourth-order valence-corrected chi connectivity index (χ4v) is 3.73. The number of rotatable bonds is 3. The van der Waals surface area contributed by atoms with Crippen molar-refractivity contribution in [1.29, 1.82) is 0 Å². The standard InChI is InChI=1S/C19H24N4O2.HI/c1-20-18(23-9-7-19(13-23)8-10-24-14-19)21-12-16-11-17(22-25-16)15-5-3-2-4-6-15;/h2-6,11H,7-10,12-14H2,1H3,(H,20,21);1H. The smallest absolute Gasteiger partial charge is 0.194 e. The van der Waals surface area contributed by atoms with Crippen molar-refractivity contribution in [2.24, 2.45) is 10.4 Å². The lowest BCUT2D eigenvalue weighted by Crippen LogP contribution is -2.41. The Balaban J connectivity index is 0.00000196. The summed E-state index contributed by atoms with van der Waals surface area (Å²) in [7, 11) is 1.83. The third kappa shape index (κ3) is 4.03. The lowest BCUT2D eigenvalue weighted by molar-refractivity contribution is 0.156. The number of nitrogens with one attached hydrogen (secondary N) is 1. The molecular formula is C19H25IN4O2. The van der Waals surface area contributed by atoms with E-state index in [4.69, 9.17) is 9.26 Å². The number of guanidine groups is 1. The Hall–Kier alpha value is -1.61. The molecule has 1 N–H and O–H groups in total. The molecule has 2 aliphatic rings. The molecule has 3 heterocycles. The highest BCUT2D eigenvalue weighted by atomic mass is 127. The molecule has 2 aromatic rings. The Morgan fingerprint density at radius 2 is 2.15 bits per heavy atom. The maximum atomic E-state index is 5.61. The molecule has 6 nitrogen and oxygen atoms in total. The zero-order valence-corrected chi connectivity index (χ0v) is 17.3. The van der Waals surface area contributed by atoms with Gasteiger partial charge in [-0.2, -0.15) is 0 Å². The summed E-state index contributed by atoms with van der Waals surface area (Å²) >= 11 is 0. The predicted molar refractivity (Wildman–Crippen MR) is 112 cm³/mol. The van der Waals surface area contributed by atoms with Gasteiger partial charge < -0.3 is 19.5 Å². The van der Waals surface area contributed by atoms with Crippen LogP contribution in [0.3, 0.4) is 0 Å². The van der Waals surface area contributed by atoms with Crippen molar-refractivity contribution in [2.75, 3.05) is 33.4 Å². The van der Waals surface area contributed by atoms with Gasteiger partial charge >= 0.3 is 0 Å². The first-order valence-corrected chi connectivity index (χ1v) is 8.82. The van der Waals surface area contributed by atoms with Gasteiger partial charge in [0.2, 0.25) is 0 Å². The second-order valence-corrected chi connectivity index (χ2v) is 6.92. The van der Waals surface area contributed by atoms with Crippen LogP contribution < -0.4 is 5.32 Å². The van der Waals surface area contributed by atoms with Crippen LogP contribution in [0, 0.1) is 5.41 Å². The van der Waals surface area contributed by atoms with E-state index in [0.29, 0.717) is 12.0 Å². The van der Waals surface area contributed by atoms with E-state index in [1.807, 2.05) is 43.4 Å². The third-order valence-electron chi connectivity index (χ3n) is 5.18. The molecule has 0 saturated carbocycles. The molecule has 1 aromatic carbocycles. The average Bonchev–Trinajstić information content (AvgIpc) is 3.39. The van der Waals surface area contributed by atoms with Crippen molar-refractivity contribution < 1.29 is 9.26 Å². The molecule has 7 heteroatoms. The number of aliphatic imine (C=N–C) groups is 1. The number of hydrogen-bond acceptors (Lipinski definition) is 4. The lowest BCUT2D eigenvalue weighted by atomic mass is 9.87. The van der Waals surface area contributed by atoms with Gasteiger partial charge in [0.1, 0.15) is 5.69 Å². The molecule has 4 rings (SSSR count). The average molecular weight is 468 g/mol. The van der Waals surface area contributed by atoms with Crippen molar-refractivity contribution in [3.63, 3.8) is 0 Å². The van der Waals surface area contributed by atoms with Crippen LogP contribution in [0.25, 0.3) is 11.3 Å². The highest BCUT2D eigenvalue weighted by Crippen LogP contribution is 2.38. The van der Waals surface area contributed by atoms with E-state index >= 15 is 0 Å². The Kier molecular flexibility index (Phi) is 6.18. The topological polar surface area (TPSA) is 62.9 Å². The van der Waals surface area contributed by atoms with Crippen molar-refractivity contribution in [3.8, 4) is 11.3 Å². The molecule has 0 aliphatic carbocycles. The van der Waals surface area contributed by atoms with Crippen LogP contribution in [-0.4, -0.2) is 49.4 Å². The molecule has 140 valence electrons. The van der Waals surface area contributed by atoms with E-state index in [2.05, 4.69) is 20.4 Å². The summed E-state index contributed by atoms with van der Waals surface area (Å²) in [4.78, 5) is 6.76. The van der Waals surface area contributed by atoms with Crippen LogP contribution >= 0.6 is 24.0 Å². The number of nitrogens with zero attached hydrogens (tertiary/aromatic N) is 3. The molecule has 26 heavy (non-hydrogen) atoms. The van der Waals surface area contributed by atoms with Gasteiger partial charge in [-0.1, -0.05) is 35.5 Å². The number of aromatic nitrogens is 1.